The van der Waals surface area contributed by atoms with E-state index in [1.807, 2.05) is 13.8 Å². The van der Waals surface area contributed by atoms with Crippen LogP contribution < -0.4 is 5.69 Å². The summed E-state index contributed by atoms with van der Waals surface area (Å²) in [5, 5.41) is 9.37. The Labute approximate surface area is 162 Å². The Morgan fingerprint density at radius 3 is 2.68 bits per heavy atom. The van der Waals surface area contributed by atoms with E-state index in [2.05, 4.69) is 14.5 Å². The largest absolute Gasteiger partial charge is 0.478 e. The number of nitrogens with zero attached hydrogens (tertiary/aromatic N) is 5. The number of imidazole rings is 2. The lowest BCUT2D eigenvalue weighted by atomic mass is 10.1. The number of hydrogen-bond acceptors (Lipinski definition) is 4. The highest BCUT2D eigenvalue weighted by Crippen LogP contribution is 2.31. The van der Waals surface area contributed by atoms with Crippen LogP contribution in [0.4, 0.5) is 0 Å². The number of rotatable bonds is 8. The Balaban J connectivity index is 1.85. The van der Waals surface area contributed by atoms with Crippen LogP contribution in [-0.2, 0) is 13.1 Å². The van der Waals surface area contributed by atoms with Crippen LogP contribution in [0.1, 0.15) is 61.6 Å². The Morgan fingerprint density at radius 1 is 1.29 bits per heavy atom. The van der Waals surface area contributed by atoms with E-state index in [1.165, 1.54) is 19.0 Å². The smallest absolute Gasteiger partial charge is 0.337 e. The first-order valence-electron chi connectivity index (χ1n) is 9.86. The van der Waals surface area contributed by atoms with Crippen LogP contribution in [0.2, 0.25) is 0 Å². The van der Waals surface area contributed by atoms with E-state index in [9.17, 15) is 14.7 Å². The lowest BCUT2D eigenvalue weighted by molar-refractivity contribution is 0.0696. The number of carboxylic acids is 1. The molecule has 0 bridgehead atoms. The highest BCUT2D eigenvalue weighted by molar-refractivity contribution is 5.91. The van der Waals surface area contributed by atoms with Gasteiger partial charge >= 0.3 is 11.7 Å². The second-order valence-corrected chi connectivity index (χ2v) is 7.56. The molecule has 0 atom stereocenters. The van der Waals surface area contributed by atoms with Gasteiger partial charge in [-0.3, -0.25) is 9.13 Å². The molecule has 0 aromatic carbocycles. The second kappa shape index (κ2) is 7.26. The number of aromatic nitrogens is 5. The molecule has 1 aliphatic carbocycles. The van der Waals surface area contributed by atoms with Crippen molar-refractivity contribution in [2.45, 2.75) is 58.7 Å². The predicted molar refractivity (Wildman–Crippen MR) is 105 cm³/mol. The van der Waals surface area contributed by atoms with Gasteiger partial charge in [-0.25, -0.2) is 19.6 Å². The normalized spacial score (nSPS) is 14.2. The molecular weight excluding hydrogens is 358 g/mol. The quantitative estimate of drug-likeness (QED) is 0.645. The Bertz CT molecular complexity index is 1070. The van der Waals surface area contributed by atoms with Crippen molar-refractivity contribution in [2.75, 3.05) is 0 Å². The molecule has 148 valence electrons. The van der Waals surface area contributed by atoms with E-state index >= 15 is 0 Å². The molecule has 1 N–H and O–H groups in total. The Morgan fingerprint density at radius 2 is 2.04 bits per heavy atom. The zero-order valence-corrected chi connectivity index (χ0v) is 16.2. The molecule has 1 saturated carbocycles. The van der Waals surface area contributed by atoms with Crippen LogP contribution in [-0.4, -0.2) is 34.7 Å². The van der Waals surface area contributed by atoms with Gasteiger partial charge in [0.05, 0.1) is 29.6 Å². The van der Waals surface area contributed by atoms with Crippen molar-refractivity contribution in [3.05, 3.63) is 46.5 Å². The van der Waals surface area contributed by atoms with Gasteiger partial charge in [-0.1, -0.05) is 13.8 Å². The van der Waals surface area contributed by atoms with Crippen LogP contribution in [0, 0.1) is 5.92 Å². The SMILES string of the molecule is CCC(CC)n1c(=O)n(Cc2cncn2CC2CC2)c2cc(C(=O)O)cnc21. The predicted octanol–water partition coefficient (Wildman–Crippen LogP) is 2.91. The molecule has 0 saturated heterocycles. The molecule has 0 unspecified atom stereocenters. The molecule has 0 amide bonds. The molecule has 28 heavy (non-hydrogen) atoms. The molecule has 4 rings (SSSR count). The van der Waals surface area contributed by atoms with Gasteiger partial charge in [0.1, 0.15) is 0 Å². The van der Waals surface area contributed by atoms with Crippen molar-refractivity contribution in [3.63, 3.8) is 0 Å². The first-order chi connectivity index (χ1) is 13.5. The van der Waals surface area contributed by atoms with E-state index in [0.29, 0.717) is 23.6 Å². The molecule has 8 nitrogen and oxygen atoms in total. The molecule has 1 fully saturated rings. The second-order valence-electron chi connectivity index (χ2n) is 7.56. The third kappa shape index (κ3) is 3.23. The lowest BCUT2D eigenvalue weighted by Crippen LogP contribution is -2.28. The summed E-state index contributed by atoms with van der Waals surface area (Å²) in [6.07, 6.45) is 8.98. The van der Waals surface area contributed by atoms with Crippen LogP contribution in [0.3, 0.4) is 0 Å². The topological polar surface area (TPSA) is 94.9 Å². The maximum absolute atomic E-state index is 13.3. The first kappa shape index (κ1) is 18.5. The third-order valence-corrected chi connectivity index (χ3v) is 5.63. The highest BCUT2D eigenvalue weighted by Gasteiger charge is 2.24. The number of aromatic carboxylic acids is 1. The van der Waals surface area contributed by atoms with Gasteiger partial charge in [-0.05, 0) is 37.7 Å². The minimum atomic E-state index is -1.05. The number of carbonyl (C=O) groups is 1. The summed E-state index contributed by atoms with van der Waals surface area (Å²) in [7, 11) is 0. The number of hydrogen-bond donors (Lipinski definition) is 1. The van der Waals surface area contributed by atoms with Gasteiger partial charge in [0.15, 0.2) is 5.65 Å². The maximum Gasteiger partial charge on any atom is 0.337 e. The van der Waals surface area contributed by atoms with Crippen LogP contribution in [0.15, 0.2) is 29.6 Å². The molecular formula is C20H25N5O3. The van der Waals surface area contributed by atoms with Gasteiger partial charge in [0.25, 0.3) is 0 Å². The van der Waals surface area contributed by atoms with Crippen molar-refractivity contribution in [2.24, 2.45) is 5.92 Å². The maximum atomic E-state index is 13.3. The molecule has 0 aliphatic heterocycles. The van der Waals surface area contributed by atoms with Gasteiger partial charge in [-0.2, -0.15) is 0 Å². The standard InChI is InChI=1S/C20H25N5O3/c1-3-15(4-2)25-18-17(7-14(8-22-18)19(26)27)24(20(25)28)11-16-9-21-12-23(16)10-13-5-6-13/h7-9,12-13,15H,3-6,10-11H2,1-2H3,(H,26,27). The molecule has 0 radical (unpaired) electrons. The van der Waals surface area contributed by atoms with Gasteiger partial charge in [0, 0.05) is 25.0 Å². The highest BCUT2D eigenvalue weighted by atomic mass is 16.4. The van der Waals surface area contributed by atoms with E-state index < -0.39 is 5.97 Å². The van der Waals surface area contributed by atoms with Crippen molar-refractivity contribution in [1.82, 2.24) is 23.7 Å². The third-order valence-electron chi connectivity index (χ3n) is 5.63. The zero-order chi connectivity index (χ0) is 19.8. The monoisotopic (exact) mass is 383 g/mol. The van der Waals surface area contributed by atoms with Crippen molar-refractivity contribution in [1.29, 1.82) is 0 Å². The van der Waals surface area contributed by atoms with Gasteiger partial charge < -0.3 is 9.67 Å². The molecule has 3 heterocycles. The van der Waals surface area contributed by atoms with Crippen molar-refractivity contribution in [3.8, 4) is 0 Å². The fourth-order valence-corrected chi connectivity index (χ4v) is 3.79. The number of pyridine rings is 1. The van der Waals surface area contributed by atoms with Crippen molar-refractivity contribution < 1.29 is 9.90 Å². The fraction of sp³-hybridized carbons (Fsp3) is 0.500. The minimum absolute atomic E-state index is 0.0239. The molecule has 8 heteroatoms. The molecule has 1 aliphatic rings. The Hall–Kier alpha value is -2.90. The molecule has 0 spiro atoms. The fourth-order valence-electron chi connectivity index (χ4n) is 3.79. The van der Waals surface area contributed by atoms with Crippen LogP contribution in [0.5, 0.6) is 0 Å². The molecule has 3 aromatic rings. The summed E-state index contributed by atoms with van der Waals surface area (Å²) in [6.45, 7) is 5.34. The zero-order valence-electron chi connectivity index (χ0n) is 16.2. The first-order valence-corrected chi connectivity index (χ1v) is 9.86. The van der Waals surface area contributed by atoms with E-state index in [0.717, 1.165) is 25.1 Å². The van der Waals surface area contributed by atoms with Crippen LogP contribution in [0.25, 0.3) is 11.2 Å². The summed E-state index contributed by atoms with van der Waals surface area (Å²) >= 11 is 0. The van der Waals surface area contributed by atoms with Gasteiger partial charge in [-0.15, -0.1) is 0 Å². The summed E-state index contributed by atoms with van der Waals surface area (Å²) in [5.74, 6) is -0.363. The minimum Gasteiger partial charge on any atom is -0.478 e. The van der Waals surface area contributed by atoms with Gasteiger partial charge in [0.2, 0.25) is 0 Å². The summed E-state index contributed by atoms with van der Waals surface area (Å²) < 4.78 is 5.44. The average molecular weight is 383 g/mol. The van der Waals surface area contributed by atoms with E-state index in [1.54, 1.807) is 27.7 Å². The van der Waals surface area contributed by atoms with Crippen molar-refractivity contribution >= 4 is 17.1 Å². The lowest BCUT2D eigenvalue weighted by Gasteiger charge is -2.13. The van der Waals surface area contributed by atoms with E-state index in [-0.39, 0.29) is 17.3 Å². The average Bonchev–Trinajstić information content (AvgIpc) is 3.34. The summed E-state index contributed by atoms with van der Waals surface area (Å²) in [5.41, 5.74) is 1.96. The molecule has 3 aromatic heterocycles. The van der Waals surface area contributed by atoms with E-state index in [4.69, 9.17) is 0 Å². The summed E-state index contributed by atoms with van der Waals surface area (Å²) in [6, 6.07) is 1.57. The number of carboxylic acid groups (broad SMARTS) is 1. The number of fused-ring (bicyclic) bond motifs is 1. The van der Waals surface area contributed by atoms with Crippen LogP contribution >= 0.6 is 0 Å². The Kier molecular flexibility index (Phi) is 4.78. The summed E-state index contributed by atoms with van der Waals surface area (Å²) in [4.78, 5) is 33.4.